The molecule has 110 valence electrons. The summed E-state index contributed by atoms with van der Waals surface area (Å²) in [6.07, 6.45) is 4.06. The van der Waals surface area contributed by atoms with E-state index in [-0.39, 0.29) is 18.4 Å². The number of hydrogen-bond acceptors (Lipinski definition) is 3. The number of nitrogens with zero attached hydrogens (tertiary/aromatic N) is 1. The molecular formula is C14H26N2O3. The number of carbonyl (C=O) groups excluding carboxylic acids is 1. The van der Waals surface area contributed by atoms with Crippen molar-refractivity contribution in [2.24, 2.45) is 5.92 Å². The summed E-state index contributed by atoms with van der Waals surface area (Å²) in [4.78, 5) is 24.4. The van der Waals surface area contributed by atoms with E-state index in [0.29, 0.717) is 12.3 Å². The van der Waals surface area contributed by atoms with E-state index in [4.69, 9.17) is 5.11 Å². The molecule has 5 heteroatoms. The van der Waals surface area contributed by atoms with Gasteiger partial charge >= 0.3 is 5.97 Å². The van der Waals surface area contributed by atoms with Crippen molar-refractivity contribution in [3.05, 3.63) is 0 Å². The van der Waals surface area contributed by atoms with Crippen LogP contribution in [0.3, 0.4) is 0 Å². The van der Waals surface area contributed by atoms with Crippen molar-refractivity contribution in [3.8, 4) is 0 Å². The zero-order chi connectivity index (χ0) is 14.3. The van der Waals surface area contributed by atoms with Crippen LogP contribution in [0.15, 0.2) is 0 Å². The lowest BCUT2D eigenvalue weighted by atomic mass is 10.0. The van der Waals surface area contributed by atoms with Gasteiger partial charge in [0.25, 0.3) is 0 Å². The molecule has 5 nitrogen and oxygen atoms in total. The molecule has 2 atom stereocenters. The van der Waals surface area contributed by atoms with Crippen molar-refractivity contribution in [2.45, 2.75) is 52.0 Å². The fourth-order valence-corrected chi connectivity index (χ4v) is 2.36. The quantitative estimate of drug-likeness (QED) is 0.701. The van der Waals surface area contributed by atoms with Crippen molar-refractivity contribution in [2.75, 3.05) is 19.6 Å². The van der Waals surface area contributed by atoms with E-state index in [9.17, 15) is 9.59 Å². The Bertz CT molecular complexity index is 301. The molecule has 0 aromatic rings. The summed E-state index contributed by atoms with van der Waals surface area (Å²) >= 11 is 0. The Hall–Kier alpha value is -1.10. The lowest BCUT2D eigenvalue weighted by Crippen LogP contribution is -2.44. The van der Waals surface area contributed by atoms with Crippen LogP contribution in [0.5, 0.6) is 0 Å². The number of carbonyl (C=O) groups is 2. The van der Waals surface area contributed by atoms with Gasteiger partial charge < -0.3 is 15.3 Å². The molecule has 0 saturated carbocycles. The van der Waals surface area contributed by atoms with Gasteiger partial charge in [0.05, 0.1) is 6.04 Å². The molecule has 0 aliphatic carbocycles. The highest BCUT2D eigenvalue weighted by atomic mass is 16.4. The first kappa shape index (κ1) is 16.0. The van der Waals surface area contributed by atoms with Gasteiger partial charge in [-0.05, 0) is 45.1 Å². The first-order valence-electron chi connectivity index (χ1n) is 7.24. The molecule has 2 N–H and O–H groups in total. The summed E-state index contributed by atoms with van der Waals surface area (Å²) in [6, 6.07) is -0.134. The van der Waals surface area contributed by atoms with Crippen molar-refractivity contribution in [1.29, 1.82) is 0 Å². The Kier molecular flexibility index (Phi) is 6.84. The van der Waals surface area contributed by atoms with E-state index in [1.54, 1.807) is 0 Å². The second-order valence-corrected chi connectivity index (χ2v) is 5.53. The van der Waals surface area contributed by atoms with E-state index in [2.05, 4.69) is 12.2 Å². The summed E-state index contributed by atoms with van der Waals surface area (Å²) in [7, 11) is 0. The van der Waals surface area contributed by atoms with Gasteiger partial charge in [0, 0.05) is 19.5 Å². The van der Waals surface area contributed by atoms with E-state index in [1.807, 2.05) is 11.8 Å². The Balaban J connectivity index is 2.13. The highest BCUT2D eigenvalue weighted by Crippen LogP contribution is 2.11. The van der Waals surface area contributed by atoms with Gasteiger partial charge in [-0.2, -0.15) is 0 Å². The molecule has 1 aliphatic rings. The first-order chi connectivity index (χ1) is 9.00. The minimum absolute atomic E-state index is 0.134. The maximum absolute atomic E-state index is 12.0. The zero-order valence-electron chi connectivity index (χ0n) is 12.0. The fraction of sp³-hybridized carbons (Fsp3) is 0.857. The van der Waals surface area contributed by atoms with Crippen LogP contribution in [0.2, 0.25) is 0 Å². The van der Waals surface area contributed by atoms with Gasteiger partial charge in [-0.3, -0.25) is 9.59 Å². The van der Waals surface area contributed by atoms with Crippen LogP contribution in [-0.4, -0.2) is 47.6 Å². The SMILES string of the molecule is CC(CCNC(C)C(=O)N1CCCC1)CCC(=O)O. The maximum Gasteiger partial charge on any atom is 0.303 e. The monoisotopic (exact) mass is 270 g/mol. The normalized spacial score (nSPS) is 18.3. The predicted molar refractivity (Wildman–Crippen MR) is 73.9 cm³/mol. The van der Waals surface area contributed by atoms with Crippen molar-refractivity contribution >= 4 is 11.9 Å². The Morgan fingerprint density at radius 3 is 2.42 bits per heavy atom. The molecule has 0 aromatic heterocycles. The minimum atomic E-state index is -0.739. The number of aliphatic carboxylic acids is 1. The lowest BCUT2D eigenvalue weighted by molar-refractivity contribution is -0.137. The average Bonchev–Trinajstić information content (AvgIpc) is 2.89. The third kappa shape index (κ3) is 6.05. The molecule has 19 heavy (non-hydrogen) atoms. The molecule has 0 radical (unpaired) electrons. The Morgan fingerprint density at radius 1 is 1.21 bits per heavy atom. The van der Waals surface area contributed by atoms with Crippen LogP contribution >= 0.6 is 0 Å². The van der Waals surface area contributed by atoms with Crippen molar-refractivity contribution < 1.29 is 14.7 Å². The highest BCUT2D eigenvalue weighted by molar-refractivity contribution is 5.81. The Morgan fingerprint density at radius 2 is 1.84 bits per heavy atom. The second kappa shape index (κ2) is 8.15. The third-order valence-corrected chi connectivity index (χ3v) is 3.73. The second-order valence-electron chi connectivity index (χ2n) is 5.53. The maximum atomic E-state index is 12.0. The number of carboxylic acids is 1. The van der Waals surface area contributed by atoms with E-state index in [0.717, 1.165) is 38.9 Å². The molecule has 1 fully saturated rings. The molecule has 1 rings (SSSR count). The Labute approximate surface area is 115 Å². The van der Waals surface area contributed by atoms with E-state index < -0.39 is 5.97 Å². The standard InChI is InChI=1S/C14H26N2O3/c1-11(5-6-13(17)18)7-8-15-12(2)14(19)16-9-3-4-10-16/h11-12,15H,3-10H2,1-2H3,(H,17,18). The zero-order valence-corrected chi connectivity index (χ0v) is 12.0. The van der Waals surface area contributed by atoms with Gasteiger partial charge in [0.1, 0.15) is 0 Å². The fourth-order valence-electron chi connectivity index (χ4n) is 2.36. The minimum Gasteiger partial charge on any atom is -0.481 e. The first-order valence-corrected chi connectivity index (χ1v) is 7.24. The summed E-state index contributed by atoms with van der Waals surface area (Å²) in [5, 5.41) is 11.8. The van der Waals surface area contributed by atoms with Crippen molar-refractivity contribution in [3.63, 3.8) is 0 Å². The van der Waals surface area contributed by atoms with Crippen LogP contribution in [-0.2, 0) is 9.59 Å². The summed E-state index contributed by atoms with van der Waals surface area (Å²) in [5.41, 5.74) is 0. The summed E-state index contributed by atoms with van der Waals surface area (Å²) < 4.78 is 0. The van der Waals surface area contributed by atoms with Gasteiger partial charge in [-0.15, -0.1) is 0 Å². The van der Waals surface area contributed by atoms with Crippen molar-refractivity contribution in [1.82, 2.24) is 10.2 Å². The van der Waals surface area contributed by atoms with Gasteiger partial charge in [-0.25, -0.2) is 0 Å². The predicted octanol–water partition coefficient (Wildman–Crippen LogP) is 1.48. The summed E-state index contributed by atoms with van der Waals surface area (Å²) in [5.74, 6) is -0.175. The number of likely N-dealkylation sites (tertiary alicyclic amines) is 1. The average molecular weight is 270 g/mol. The van der Waals surface area contributed by atoms with Crippen LogP contribution < -0.4 is 5.32 Å². The van der Waals surface area contributed by atoms with E-state index in [1.165, 1.54) is 0 Å². The number of amides is 1. The van der Waals surface area contributed by atoms with Gasteiger partial charge in [-0.1, -0.05) is 6.92 Å². The third-order valence-electron chi connectivity index (χ3n) is 3.73. The lowest BCUT2D eigenvalue weighted by Gasteiger charge is -2.21. The topological polar surface area (TPSA) is 69.6 Å². The molecule has 1 amide bonds. The van der Waals surface area contributed by atoms with Gasteiger partial charge in [0.15, 0.2) is 0 Å². The number of rotatable bonds is 8. The molecule has 0 aromatic carbocycles. The van der Waals surface area contributed by atoms with Gasteiger partial charge in [0.2, 0.25) is 5.91 Å². The van der Waals surface area contributed by atoms with Crippen LogP contribution in [0, 0.1) is 5.92 Å². The molecule has 1 saturated heterocycles. The molecular weight excluding hydrogens is 244 g/mol. The molecule has 0 bridgehead atoms. The van der Waals surface area contributed by atoms with Crippen LogP contribution in [0.4, 0.5) is 0 Å². The van der Waals surface area contributed by atoms with Crippen LogP contribution in [0.25, 0.3) is 0 Å². The largest absolute Gasteiger partial charge is 0.481 e. The molecule has 0 spiro atoms. The van der Waals surface area contributed by atoms with E-state index >= 15 is 0 Å². The number of carboxylic acid groups (broad SMARTS) is 1. The smallest absolute Gasteiger partial charge is 0.303 e. The highest BCUT2D eigenvalue weighted by Gasteiger charge is 2.22. The molecule has 2 unspecified atom stereocenters. The number of nitrogens with one attached hydrogen (secondary N) is 1. The molecule has 1 heterocycles. The van der Waals surface area contributed by atoms with Crippen LogP contribution in [0.1, 0.15) is 46.0 Å². The number of hydrogen-bond donors (Lipinski definition) is 2. The summed E-state index contributed by atoms with van der Waals surface area (Å²) in [6.45, 7) is 6.50. The molecule has 1 aliphatic heterocycles.